The lowest BCUT2D eigenvalue weighted by molar-refractivity contribution is -0.130. The lowest BCUT2D eigenvalue weighted by Gasteiger charge is -2.48. The maximum Gasteiger partial charge on any atom is 0.417 e. The molecule has 135 heavy (non-hydrogen) atoms. The van der Waals surface area contributed by atoms with Crippen molar-refractivity contribution in [3.8, 4) is 68.1 Å². The zero-order valence-corrected chi connectivity index (χ0v) is 76.9. The van der Waals surface area contributed by atoms with E-state index in [1.54, 1.807) is 57.8 Å². The molecule has 29 nitrogen and oxygen atoms in total. The molecule has 3 fully saturated rings. The van der Waals surface area contributed by atoms with Gasteiger partial charge in [0.25, 0.3) is 0 Å². The number of ether oxygens (including phenoxy) is 3. The molecule has 6 aliphatic rings. The maximum absolute atomic E-state index is 16.6. The topological polar surface area (TPSA) is 315 Å². The quantitative estimate of drug-likeness (QED) is 0.0957. The first-order valence-corrected chi connectivity index (χ1v) is 45.2. The Morgan fingerprint density at radius 1 is 0.452 bits per heavy atom. The number of aromatic nitrogens is 11. The van der Waals surface area contributed by atoms with Crippen molar-refractivity contribution in [2.75, 3.05) is 73.8 Å². The van der Waals surface area contributed by atoms with E-state index < -0.39 is 34.3 Å². The van der Waals surface area contributed by atoms with Crippen LogP contribution in [0.5, 0.6) is 17.2 Å². The summed E-state index contributed by atoms with van der Waals surface area (Å²) in [5, 5.41) is 1.28. The fraction of sp³-hybridized carbons (Fsp3) is 0.301. The third-order valence-electron chi connectivity index (χ3n) is 27.1. The number of hydrogen-bond acceptors (Lipinski definition) is 19. The number of oxazole rings is 1. The van der Waals surface area contributed by atoms with Gasteiger partial charge in [0, 0.05) is 91.7 Å². The number of hydrogen-bond donors (Lipinski definition) is 3. The SMILES string of the molecule is C=CC(=O)N1CC2COc3c(c4cc(F)c(-c5c(C)ccc6[nH]c(=O)n(C)c56)nc4n(-c4ccccc4C(C)C)c3=O)N2CC1C.C=CC(=O)N1CC2COc3c(c4cc(F)c(-c5c(C)ccc6[nH]c(=O)oc56)nc4n(-c4ccccc4C(C)C)c3=O)N2CC1C.C=CC(=O)N1CC2COc3c(c4cc(F)c(-c5c(C)ccc6[nH]cnc56)nc4n(-c4ccccc4C(C)C)c3=O)N2CC1C. The van der Waals surface area contributed by atoms with E-state index in [1.807, 2.05) is 158 Å². The third kappa shape index (κ3) is 14.7. The Hall–Kier alpha value is -15.4. The molecule has 0 bridgehead atoms. The van der Waals surface area contributed by atoms with Gasteiger partial charge in [-0.2, -0.15) is 0 Å². The first-order valence-electron chi connectivity index (χ1n) is 45.2. The molecule has 15 aromatic rings. The van der Waals surface area contributed by atoms with E-state index in [0.29, 0.717) is 140 Å². The minimum atomic E-state index is -0.665. The van der Waals surface area contributed by atoms with Crippen LogP contribution in [0.3, 0.4) is 0 Å². The highest BCUT2D eigenvalue weighted by Crippen LogP contribution is 2.49. The molecule has 6 atom stereocenters. The molecule has 3 N–H and O–H groups in total. The molecule has 6 aromatic carbocycles. The molecule has 3 amide bonds. The number of piperazine rings is 3. The van der Waals surface area contributed by atoms with Gasteiger partial charge in [-0.25, -0.2) is 42.7 Å². The van der Waals surface area contributed by atoms with Crippen LogP contribution in [0, 0.1) is 38.2 Å². The molecular formula is C103H100F3N17O12. The van der Waals surface area contributed by atoms with Gasteiger partial charge in [-0.1, -0.05) is 134 Å². The summed E-state index contributed by atoms with van der Waals surface area (Å²) in [6.45, 7) is 37.5. The lowest BCUT2D eigenvalue weighted by Crippen LogP contribution is -2.62. The number of carbonyl (C=O) groups is 3. The number of nitrogens with one attached hydrogen (secondary N) is 3. The number of para-hydroxylation sites is 3. The second-order valence-electron chi connectivity index (χ2n) is 36.5. The highest BCUT2D eigenvalue weighted by molar-refractivity contribution is 6.03. The average Bonchev–Trinajstić information content (AvgIpc) is 1.06. The highest BCUT2D eigenvalue weighted by atomic mass is 19.1. The van der Waals surface area contributed by atoms with Gasteiger partial charge in [0.2, 0.25) is 35.0 Å². The molecule has 6 aliphatic heterocycles. The van der Waals surface area contributed by atoms with E-state index >= 15 is 13.2 Å². The fourth-order valence-corrected chi connectivity index (χ4v) is 20.4. The summed E-state index contributed by atoms with van der Waals surface area (Å²) < 4.78 is 79.6. The maximum atomic E-state index is 16.6. The number of imidazole rings is 2. The Morgan fingerprint density at radius 2 is 0.800 bits per heavy atom. The predicted octanol–water partition coefficient (Wildman–Crippen LogP) is 15.3. The van der Waals surface area contributed by atoms with Gasteiger partial charge in [-0.05, 0) is 166 Å². The van der Waals surface area contributed by atoms with Crippen LogP contribution < -0.4 is 57.0 Å². The van der Waals surface area contributed by atoms with E-state index in [4.69, 9.17) is 33.6 Å². The van der Waals surface area contributed by atoms with E-state index in [1.165, 1.54) is 50.1 Å². The van der Waals surface area contributed by atoms with Gasteiger partial charge >= 0.3 is 28.1 Å². The van der Waals surface area contributed by atoms with Gasteiger partial charge in [-0.3, -0.25) is 52.0 Å². The molecule has 6 unspecified atom stereocenters. The number of nitrogens with zero attached hydrogens (tertiary/aromatic N) is 14. The molecule has 0 radical (unpaired) electrons. The molecule has 690 valence electrons. The zero-order chi connectivity index (χ0) is 95.2. The number of fused-ring (bicyclic) bond motifs is 18. The second-order valence-corrected chi connectivity index (χ2v) is 36.5. The Bertz CT molecular complexity index is 7870. The van der Waals surface area contributed by atoms with Crippen molar-refractivity contribution in [2.45, 2.75) is 137 Å². The van der Waals surface area contributed by atoms with Gasteiger partial charge in [0.1, 0.15) is 54.4 Å². The summed E-state index contributed by atoms with van der Waals surface area (Å²) >= 11 is 0. The Labute approximate surface area is 771 Å². The highest BCUT2D eigenvalue weighted by Gasteiger charge is 2.46. The monoisotopic (exact) mass is 1820 g/mol. The predicted molar refractivity (Wildman–Crippen MR) is 516 cm³/mol. The number of rotatable bonds is 12. The van der Waals surface area contributed by atoms with Crippen LogP contribution in [0.4, 0.5) is 30.2 Å². The lowest BCUT2D eigenvalue weighted by atomic mass is 9.99. The number of H-pyrrole nitrogens is 3. The molecule has 32 heteroatoms. The van der Waals surface area contributed by atoms with E-state index in [9.17, 15) is 38.4 Å². The largest absolute Gasteiger partial charge is 0.484 e. The van der Waals surface area contributed by atoms with Crippen molar-refractivity contribution in [3.05, 3.63) is 275 Å². The summed E-state index contributed by atoms with van der Waals surface area (Å²) in [5.74, 6) is -2.35. The first-order chi connectivity index (χ1) is 64.8. The number of benzene rings is 6. The molecule has 0 spiro atoms. The Morgan fingerprint density at radius 3 is 1.19 bits per heavy atom. The number of anilines is 3. The fourth-order valence-electron chi connectivity index (χ4n) is 20.4. The molecule has 3 saturated heterocycles. The van der Waals surface area contributed by atoms with Crippen LogP contribution in [0.2, 0.25) is 0 Å². The standard InChI is InChI=1S/C35H35FN6O4.C34H33FN6O3.C34H32FN5O5/c1-7-27(43)40-16-21-17-46-32-30(41(21)15-20(40)5)23-14-24(36)29(28-19(4)12-13-25-31(28)39(6)35(45)37-25)38-33(23)42(34(32)44)26-11-9-8-10-22(26)18(2)3;1-6-27(42)39-15-21-16-44-32-31(40(21)14-20(39)5)23-13-24(35)29(28-19(4)11-12-25-30(28)37-17-36-25)38-33(23)41(34(32)43)26-10-8-7-9-22(26)18(2)3;1-6-26(41)38-15-20-16-44-31-29(39(20)14-19(38)5)22-13-23(35)28(27-18(4)11-12-24-30(27)45-34(43)36-24)37-32(22)40(33(31)42)25-10-8-7-9-21(25)17(2)3/h7-14,18,20-21H,1,15-17H2,2-6H3,(H,37,45);6-13,17-18,20-21H,1,14-16H2,2-5H3,(H,36,37);6-13,17,19-20H,1,14-16H2,2-5H3,(H,36,43). The second kappa shape index (κ2) is 34.3. The van der Waals surface area contributed by atoms with Crippen LogP contribution in [0.15, 0.2) is 200 Å². The normalized spacial score (nSPS) is 17.8. The molecule has 0 aliphatic carbocycles. The van der Waals surface area contributed by atoms with Crippen LogP contribution in [-0.4, -0.2) is 181 Å². The van der Waals surface area contributed by atoms with E-state index in [0.717, 1.165) is 33.3 Å². The van der Waals surface area contributed by atoms with Gasteiger partial charge < -0.3 is 58.0 Å². The number of pyridine rings is 6. The minimum absolute atomic E-state index is 0.0309. The van der Waals surface area contributed by atoms with Crippen molar-refractivity contribution >= 4 is 101 Å². The number of amides is 3. The van der Waals surface area contributed by atoms with Crippen molar-refractivity contribution in [1.29, 1.82) is 0 Å². The molecular weight excluding hydrogens is 1720 g/mol. The van der Waals surface area contributed by atoms with E-state index in [-0.39, 0.29) is 154 Å². The zero-order valence-electron chi connectivity index (χ0n) is 76.9. The van der Waals surface area contributed by atoms with Crippen LogP contribution in [0.1, 0.15) is 113 Å². The minimum Gasteiger partial charge on any atom is -0.484 e. The number of halogens is 3. The van der Waals surface area contributed by atoms with Gasteiger partial charge in [0.05, 0.1) is 91.7 Å². The molecule has 9 aromatic heterocycles. The molecule has 15 heterocycles. The summed E-state index contributed by atoms with van der Waals surface area (Å²) in [5.41, 5.74) is 12.1. The third-order valence-corrected chi connectivity index (χ3v) is 27.1. The van der Waals surface area contributed by atoms with E-state index in [2.05, 4.69) is 63.3 Å². The number of carbonyl (C=O) groups excluding carboxylic acids is 3. The van der Waals surface area contributed by atoms with Crippen molar-refractivity contribution in [2.24, 2.45) is 7.05 Å². The average molecular weight is 1830 g/mol. The first kappa shape index (κ1) is 88.9. The van der Waals surface area contributed by atoms with Gasteiger partial charge in [0.15, 0.2) is 22.5 Å². The molecule has 0 saturated carbocycles. The van der Waals surface area contributed by atoms with Crippen molar-refractivity contribution < 1.29 is 46.2 Å². The molecule has 21 rings (SSSR count). The Kier molecular flexibility index (Phi) is 22.6. The Balaban J connectivity index is 0.000000130. The summed E-state index contributed by atoms with van der Waals surface area (Å²) in [4.78, 5) is 145. The smallest absolute Gasteiger partial charge is 0.417 e. The van der Waals surface area contributed by atoms with Gasteiger partial charge in [-0.15, -0.1) is 0 Å². The summed E-state index contributed by atoms with van der Waals surface area (Å²) in [7, 11) is 1.63. The van der Waals surface area contributed by atoms with Crippen LogP contribution >= 0.6 is 0 Å². The van der Waals surface area contributed by atoms with Crippen molar-refractivity contribution in [1.82, 2.24) is 67.9 Å². The summed E-state index contributed by atoms with van der Waals surface area (Å²) in [6.07, 6.45) is 5.48. The number of aryl methyl sites for hydroxylation is 4. The van der Waals surface area contributed by atoms with Crippen LogP contribution in [-0.2, 0) is 21.4 Å². The summed E-state index contributed by atoms with van der Waals surface area (Å²) in [6, 6.07) is 36.7. The number of aromatic amines is 3. The van der Waals surface area contributed by atoms with Crippen LogP contribution in [0.25, 0.3) is 117 Å². The van der Waals surface area contributed by atoms with Crippen molar-refractivity contribution in [3.63, 3.8) is 0 Å².